The summed E-state index contributed by atoms with van der Waals surface area (Å²) in [5.41, 5.74) is 2.24. The van der Waals surface area contributed by atoms with Crippen molar-refractivity contribution in [2.24, 2.45) is 0 Å². The molecule has 0 fully saturated rings. The first-order valence-corrected chi connectivity index (χ1v) is 6.12. The van der Waals surface area contributed by atoms with E-state index in [0.29, 0.717) is 0 Å². The summed E-state index contributed by atoms with van der Waals surface area (Å²) >= 11 is 0. The number of para-hydroxylation sites is 1. The number of methoxy groups -OCH3 is 1. The molecule has 1 aromatic carbocycles. The van der Waals surface area contributed by atoms with Crippen molar-refractivity contribution in [3.8, 4) is 0 Å². The topological polar surface area (TPSA) is 34.1 Å². The number of benzene rings is 1. The average molecular weight is 242 g/mol. The molecule has 1 aromatic heterocycles. The second-order valence-corrected chi connectivity index (χ2v) is 4.02. The van der Waals surface area contributed by atoms with Crippen molar-refractivity contribution < 1.29 is 4.74 Å². The van der Waals surface area contributed by atoms with E-state index in [4.69, 9.17) is 4.74 Å². The van der Waals surface area contributed by atoms with Gasteiger partial charge in [-0.3, -0.25) is 4.98 Å². The van der Waals surface area contributed by atoms with Gasteiger partial charge in [0.2, 0.25) is 0 Å². The van der Waals surface area contributed by atoms with E-state index < -0.39 is 0 Å². The lowest BCUT2D eigenvalue weighted by atomic mass is 10.1. The van der Waals surface area contributed by atoms with E-state index in [1.807, 2.05) is 30.5 Å². The van der Waals surface area contributed by atoms with Crippen molar-refractivity contribution in [2.75, 3.05) is 26.8 Å². The molecule has 2 aromatic rings. The lowest BCUT2D eigenvalue weighted by Crippen LogP contribution is -2.18. The molecule has 0 aliphatic heterocycles. The Bertz CT molecular complexity index is 517. The van der Waals surface area contributed by atoms with E-state index in [2.05, 4.69) is 28.5 Å². The van der Waals surface area contributed by atoms with Crippen molar-refractivity contribution in [1.29, 1.82) is 0 Å². The molecule has 0 radical (unpaired) electrons. The molecule has 2 rings (SSSR count). The van der Waals surface area contributed by atoms with Crippen LogP contribution in [-0.2, 0) is 4.74 Å². The Morgan fingerprint density at radius 1 is 1.28 bits per heavy atom. The summed E-state index contributed by atoms with van der Waals surface area (Å²) in [5.74, 6) is 0. The summed E-state index contributed by atoms with van der Waals surface area (Å²) in [7, 11) is 1.71. The van der Waals surface area contributed by atoms with Gasteiger partial charge in [-0.1, -0.05) is 30.4 Å². The number of hydrogen-bond donors (Lipinski definition) is 1. The van der Waals surface area contributed by atoms with Crippen LogP contribution in [0.2, 0.25) is 0 Å². The predicted octanol–water partition coefficient (Wildman–Crippen LogP) is 2.48. The highest BCUT2D eigenvalue weighted by Crippen LogP contribution is 2.16. The van der Waals surface area contributed by atoms with Crippen LogP contribution in [0.15, 0.2) is 42.6 Å². The van der Waals surface area contributed by atoms with Crippen molar-refractivity contribution in [2.45, 2.75) is 0 Å². The van der Waals surface area contributed by atoms with Gasteiger partial charge >= 0.3 is 0 Å². The molecule has 0 aliphatic rings. The smallest absolute Gasteiger partial charge is 0.0707 e. The van der Waals surface area contributed by atoms with Crippen LogP contribution >= 0.6 is 0 Å². The molecule has 0 bridgehead atoms. The van der Waals surface area contributed by atoms with Gasteiger partial charge in [0.1, 0.15) is 0 Å². The molecule has 3 heteroatoms. The maximum atomic E-state index is 4.97. The van der Waals surface area contributed by atoms with Crippen LogP contribution in [0.1, 0.15) is 5.56 Å². The maximum absolute atomic E-state index is 4.97. The summed E-state index contributed by atoms with van der Waals surface area (Å²) in [6.45, 7) is 2.46. The molecule has 0 saturated carbocycles. The SMILES string of the molecule is COCCNCC=Cc1ccnc2ccccc12. The standard InChI is InChI=1S/C15H18N2O/c1-18-12-11-16-9-4-5-13-8-10-17-15-7-3-2-6-14(13)15/h2-8,10,16H,9,11-12H2,1H3. The zero-order chi connectivity index (χ0) is 12.6. The zero-order valence-electron chi connectivity index (χ0n) is 10.6. The van der Waals surface area contributed by atoms with Gasteiger partial charge in [0.15, 0.2) is 0 Å². The minimum absolute atomic E-state index is 0.742. The Balaban J connectivity index is 2.01. The summed E-state index contributed by atoms with van der Waals surface area (Å²) in [6.07, 6.45) is 6.10. The fourth-order valence-electron chi connectivity index (χ4n) is 1.81. The number of fused-ring (bicyclic) bond motifs is 1. The third-order valence-electron chi connectivity index (χ3n) is 2.73. The van der Waals surface area contributed by atoms with Gasteiger partial charge in [0.05, 0.1) is 12.1 Å². The normalized spacial score (nSPS) is 11.4. The summed E-state index contributed by atoms with van der Waals surface area (Å²) in [6, 6.07) is 10.2. The molecular weight excluding hydrogens is 224 g/mol. The number of nitrogens with one attached hydrogen (secondary N) is 1. The van der Waals surface area contributed by atoms with Crippen LogP contribution in [0.25, 0.3) is 17.0 Å². The Hall–Kier alpha value is -1.71. The highest BCUT2D eigenvalue weighted by molar-refractivity contribution is 5.87. The van der Waals surface area contributed by atoms with Crippen molar-refractivity contribution in [1.82, 2.24) is 10.3 Å². The first-order chi connectivity index (χ1) is 8.92. The number of rotatable bonds is 6. The molecule has 1 heterocycles. The summed E-state index contributed by atoms with van der Waals surface area (Å²) in [4.78, 5) is 4.34. The molecule has 0 spiro atoms. The van der Waals surface area contributed by atoms with Gasteiger partial charge in [0, 0.05) is 31.8 Å². The fraction of sp³-hybridized carbons (Fsp3) is 0.267. The van der Waals surface area contributed by atoms with Crippen LogP contribution in [0.3, 0.4) is 0 Å². The number of aromatic nitrogens is 1. The van der Waals surface area contributed by atoms with Crippen LogP contribution in [0.5, 0.6) is 0 Å². The predicted molar refractivity (Wildman–Crippen MR) is 75.5 cm³/mol. The summed E-state index contributed by atoms with van der Waals surface area (Å²) < 4.78 is 4.97. The Labute approximate surface area is 107 Å². The van der Waals surface area contributed by atoms with E-state index >= 15 is 0 Å². The van der Waals surface area contributed by atoms with Crippen LogP contribution in [0.4, 0.5) is 0 Å². The van der Waals surface area contributed by atoms with E-state index in [1.165, 1.54) is 10.9 Å². The minimum atomic E-state index is 0.742. The third kappa shape index (κ3) is 3.39. The van der Waals surface area contributed by atoms with Gasteiger partial charge in [0.25, 0.3) is 0 Å². The van der Waals surface area contributed by atoms with Crippen molar-refractivity contribution >= 4 is 17.0 Å². The molecule has 1 N–H and O–H groups in total. The molecule has 18 heavy (non-hydrogen) atoms. The fourth-order valence-corrected chi connectivity index (χ4v) is 1.81. The van der Waals surface area contributed by atoms with Crippen molar-refractivity contribution in [3.63, 3.8) is 0 Å². The van der Waals surface area contributed by atoms with E-state index in [1.54, 1.807) is 7.11 Å². The second-order valence-electron chi connectivity index (χ2n) is 4.02. The van der Waals surface area contributed by atoms with E-state index in [9.17, 15) is 0 Å². The van der Waals surface area contributed by atoms with Crippen LogP contribution < -0.4 is 5.32 Å². The van der Waals surface area contributed by atoms with Gasteiger partial charge < -0.3 is 10.1 Å². The number of hydrogen-bond acceptors (Lipinski definition) is 3. The van der Waals surface area contributed by atoms with Crippen LogP contribution in [-0.4, -0.2) is 31.8 Å². The third-order valence-corrected chi connectivity index (χ3v) is 2.73. The molecule has 0 saturated heterocycles. The maximum Gasteiger partial charge on any atom is 0.0707 e. The molecule has 0 unspecified atom stereocenters. The molecule has 94 valence electrons. The number of nitrogens with zero attached hydrogens (tertiary/aromatic N) is 1. The quantitative estimate of drug-likeness (QED) is 0.790. The summed E-state index contributed by atoms with van der Waals surface area (Å²) in [5, 5.41) is 4.47. The molecular formula is C15H18N2O. The Morgan fingerprint density at radius 2 is 2.17 bits per heavy atom. The van der Waals surface area contributed by atoms with Gasteiger partial charge in [-0.15, -0.1) is 0 Å². The van der Waals surface area contributed by atoms with E-state index in [-0.39, 0.29) is 0 Å². The first-order valence-electron chi connectivity index (χ1n) is 6.12. The molecule has 0 amide bonds. The van der Waals surface area contributed by atoms with Crippen molar-refractivity contribution in [3.05, 3.63) is 48.2 Å². The molecule has 3 nitrogen and oxygen atoms in total. The minimum Gasteiger partial charge on any atom is -0.383 e. The lowest BCUT2D eigenvalue weighted by Gasteiger charge is -2.01. The second kappa shape index (κ2) is 6.89. The molecule has 0 aliphatic carbocycles. The largest absolute Gasteiger partial charge is 0.383 e. The van der Waals surface area contributed by atoms with Gasteiger partial charge in [-0.2, -0.15) is 0 Å². The van der Waals surface area contributed by atoms with Gasteiger partial charge in [-0.25, -0.2) is 0 Å². The lowest BCUT2D eigenvalue weighted by molar-refractivity contribution is 0.200. The van der Waals surface area contributed by atoms with E-state index in [0.717, 1.165) is 25.2 Å². The Kier molecular flexibility index (Phi) is 4.88. The van der Waals surface area contributed by atoms with Gasteiger partial charge in [-0.05, 0) is 17.7 Å². The first kappa shape index (κ1) is 12.7. The highest BCUT2D eigenvalue weighted by atomic mass is 16.5. The van der Waals surface area contributed by atoms with Crippen LogP contribution in [0, 0.1) is 0 Å². The highest BCUT2D eigenvalue weighted by Gasteiger charge is 1.96. The molecule has 0 atom stereocenters. The monoisotopic (exact) mass is 242 g/mol. The Morgan fingerprint density at radius 3 is 3.06 bits per heavy atom. The average Bonchev–Trinajstić information content (AvgIpc) is 2.43. The zero-order valence-corrected chi connectivity index (χ0v) is 10.6. The number of pyridine rings is 1. The number of ether oxygens (including phenoxy) is 1.